The van der Waals surface area contributed by atoms with Gasteiger partial charge >= 0.3 is 0 Å². The first-order valence-electron chi connectivity index (χ1n) is 8.62. The van der Waals surface area contributed by atoms with Crippen LogP contribution in [0.4, 0.5) is 5.69 Å². The fourth-order valence-corrected chi connectivity index (χ4v) is 3.53. The first-order chi connectivity index (χ1) is 13.2. The van der Waals surface area contributed by atoms with E-state index < -0.39 is 0 Å². The van der Waals surface area contributed by atoms with Gasteiger partial charge in [-0.2, -0.15) is 0 Å². The third-order valence-corrected chi connectivity index (χ3v) is 5.12. The van der Waals surface area contributed by atoms with Crippen molar-refractivity contribution in [1.29, 1.82) is 0 Å². The molecule has 4 rings (SSSR count). The summed E-state index contributed by atoms with van der Waals surface area (Å²) in [4.78, 5) is 17.0. The van der Waals surface area contributed by atoms with Crippen molar-refractivity contribution in [2.24, 2.45) is 0 Å². The zero-order valence-electron chi connectivity index (χ0n) is 14.8. The van der Waals surface area contributed by atoms with Gasteiger partial charge in [0.05, 0.1) is 0 Å². The summed E-state index contributed by atoms with van der Waals surface area (Å²) >= 11 is 1.58. The number of hydrogen-bond donors (Lipinski definition) is 1. The highest BCUT2D eigenvalue weighted by atomic mass is 32.1. The lowest BCUT2D eigenvalue weighted by molar-refractivity contribution is 0.102. The molecular weight excluding hydrogens is 356 g/mol. The summed E-state index contributed by atoms with van der Waals surface area (Å²) in [6.45, 7) is 2.39. The van der Waals surface area contributed by atoms with Crippen molar-refractivity contribution in [3.05, 3.63) is 88.4 Å². The second-order valence-electron chi connectivity index (χ2n) is 6.18. The molecule has 1 N–H and O–H groups in total. The summed E-state index contributed by atoms with van der Waals surface area (Å²) in [5, 5.41) is 8.04. The Balaban J connectivity index is 1.44. The van der Waals surface area contributed by atoms with Gasteiger partial charge in [-0.1, -0.05) is 36.4 Å². The molecule has 0 atom stereocenters. The predicted molar refractivity (Wildman–Crippen MR) is 110 cm³/mol. The fraction of sp³-hybridized carbons (Fsp3) is 0.0909. The lowest BCUT2D eigenvalue weighted by Gasteiger charge is -2.09. The van der Waals surface area contributed by atoms with E-state index in [-0.39, 0.29) is 5.91 Å². The highest BCUT2D eigenvalue weighted by Gasteiger charge is 2.09. The summed E-state index contributed by atoms with van der Waals surface area (Å²) in [6, 6.07) is 21.0. The van der Waals surface area contributed by atoms with Crippen LogP contribution in [0.2, 0.25) is 0 Å². The second kappa shape index (κ2) is 7.60. The first kappa shape index (κ1) is 17.2. The molecule has 0 aliphatic carbocycles. The Labute approximate surface area is 161 Å². The van der Waals surface area contributed by atoms with Crippen LogP contribution in [-0.2, 0) is 6.61 Å². The maximum Gasteiger partial charge on any atom is 0.255 e. The minimum atomic E-state index is -0.145. The van der Waals surface area contributed by atoms with E-state index in [0.717, 1.165) is 27.2 Å². The number of aromatic nitrogens is 1. The van der Waals surface area contributed by atoms with E-state index in [1.165, 1.54) is 0 Å². The maximum atomic E-state index is 12.6. The Kier molecular flexibility index (Phi) is 4.85. The van der Waals surface area contributed by atoms with E-state index in [4.69, 9.17) is 4.74 Å². The fourth-order valence-electron chi connectivity index (χ4n) is 2.85. The van der Waals surface area contributed by atoms with Gasteiger partial charge < -0.3 is 10.1 Å². The van der Waals surface area contributed by atoms with Gasteiger partial charge in [-0.05, 0) is 42.6 Å². The molecule has 0 aliphatic rings. The zero-order chi connectivity index (χ0) is 18.6. The van der Waals surface area contributed by atoms with Gasteiger partial charge in [0.25, 0.3) is 5.91 Å². The maximum absolute atomic E-state index is 12.6. The normalized spacial score (nSPS) is 10.7. The van der Waals surface area contributed by atoms with Crippen LogP contribution in [-0.4, -0.2) is 10.9 Å². The molecule has 0 aliphatic heterocycles. The third kappa shape index (κ3) is 3.99. The highest BCUT2D eigenvalue weighted by Crippen LogP contribution is 2.24. The molecule has 0 spiro atoms. The number of amides is 1. The van der Waals surface area contributed by atoms with Crippen LogP contribution in [0.5, 0.6) is 5.75 Å². The molecule has 0 saturated carbocycles. The van der Waals surface area contributed by atoms with E-state index in [2.05, 4.69) is 10.3 Å². The number of rotatable bonds is 5. The molecule has 1 heterocycles. The lowest BCUT2D eigenvalue weighted by Crippen LogP contribution is -2.12. The predicted octanol–water partition coefficient (Wildman–Crippen LogP) is 5.44. The Morgan fingerprint density at radius 1 is 1.04 bits per heavy atom. The van der Waals surface area contributed by atoms with Crippen molar-refractivity contribution in [3.63, 3.8) is 0 Å². The highest BCUT2D eigenvalue weighted by molar-refractivity contribution is 7.09. The first-order valence-corrected chi connectivity index (χ1v) is 9.50. The molecule has 0 bridgehead atoms. The van der Waals surface area contributed by atoms with E-state index in [9.17, 15) is 4.79 Å². The van der Waals surface area contributed by atoms with Crippen molar-refractivity contribution in [2.45, 2.75) is 13.5 Å². The number of fused-ring (bicyclic) bond motifs is 1. The molecule has 27 heavy (non-hydrogen) atoms. The zero-order valence-corrected chi connectivity index (χ0v) is 15.6. The average Bonchev–Trinajstić information content (AvgIpc) is 3.12. The molecule has 1 amide bonds. The Hall–Kier alpha value is -3.18. The number of hydrogen-bond acceptors (Lipinski definition) is 4. The van der Waals surface area contributed by atoms with Crippen molar-refractivity contribution in [3.8, 4) is 5.75 Å². The minimum Gasteiger partial charge on any atom is -0.486 e. The number of ether oxygens (including phenoxy) is 1. The van der Waals surface area contributed by atoms with Crippen LogP contribution in [0, 0.1) is 6.92 Å². The molecule has 0 radical (unpaired) electrons. The molecule has 1 aromatic heterocycles. The smallest absolute Gasteiger partial charge is 0.255 e. The molecule has 0 unspecified atom stereocenters. The monoisotopic (exact) mass is 374 g/mol. The molecule has 134 valence electrons. The molecule has 5 heteroatoms. The number of carbonyl (C=O) groups is 1. The summed E-state index contributed by atoms with van der Waals surface area (Å²) < 4.78 is 5.73. The van der Waals surface area contributed by atoms with Gasteiger partial charge in [0, 0.05) is 27.7 Å². The molecule has 3 aromatic carbocycles. The van der Waals surface area contributed by atoms with Crippen LogP contribution in [0.1, 0.15) is 21.1 Å². The van der Waals surface area contributed by atoms with Crippen molar-refractivity contribution >= 4 is 33.7 Å². The summed E-state index contributed by atoms with van der Waals surface area (Å²) in [6.07, 6.45) is 0. The van der Waals surface area contributed by atoms with Crippen molar-refractivity contribution in [1.82, 2.24) is 4.98 Å². The molecular formula is C22H18N2O2S. The molecule has 4 aromatic rings. The van der Waals surface area contributed by atoms with Gasteiger partial charge in [0.1, 0.15) is 17.4 Å². The summed E-state index contributed by atoms with van der Waals surface area (Å²) in [5.74, 6) is 0.568. The molecule has 4 nitrogen and oxygen atoms in total. The Morgan fingerprint density at radius 2 is 1.81 bits per heavy atom. The average molecular weight is 374 g/mol. The number of nitrogens with one attached hydrogen (secondary N) is 1. The van der Waals surface area contributed by atoms with Crippen LogP contribution in [0.3, 0.4) is 0 Å². The van der Waals surface area contributed by atoms with Crippen molar-refractivity contribution < 1.29 is 9.53 Å². The van der Waals surface area contributed by atoms with Gasteiger partial charge in [-0.15, -0.1) is 11.3 Å². The quantitative estimate of drug-likeness (QED) is 0.506. The van der Waals surface area contributed by atoms with Crippen molar-refractivity contribution in [2.75, 3.05) is 5.32 Å². The standard InChI is InChI=1S/C22H18N2O2S/c1-15-14-27-21(23-15)13-26-18-11-9-17(10-12-18)22(25)24-20-8-4-6-16-5-2-3-7-19(16)20/h2-12,14H,13H2,1H3,(H,24,25). The van der Waals surface area contributed by atoms with Gasteiger partial charge in [-0.3, -0.25) is 4.79 Å². The van der Waals surface area contributed by atoms with Gasteiger partial charge in [0.2, 0.25) is 0 Å². The largest absolute Gasteiger partial charge is 0.486 e. The topological polar surface area (TPSA) is 51.2 Å². The van der Waals surface area contributed by atoms with E-state index >= 15 is 0 Å². The minimum absolute atomic E-state index is 0.145. The molecule has 0 fully saturated rings. The van der Waals surface area contributed by atoms with E-state index in [1.807, 2.05) is 54.8 Å². The number of aryl methyl sites for hydroxylation is 1. The lowest BCUT2D eigenvalue weighted by atomic mass is 10.1. The van der Waals surface area contributed by atoms with Crippen LogP contribution in [0.15, 0.2) is 72.1 Å². The summed E-state index contributed by atoms with van der Waals surface area (Å²) in [7, 11) is 0. The summed E-state index contributed by atoms with van der Waals surface area (Å²) in [5.41, 5.74) is 2.39. The Bertz CT molecular complexity index is 1080. The van der Waals surface area contributed by atoms with E-state index in [0.29, 0.717) is 17.9 Å². The number of benzene rings is 3. The van der Waals surface area contributed by atoms with Crippen LogP contribution in [0.25, 0.3) is 10.8 Å². The SMILES string of the molecule is Cc1csc(COc2ccc(C(=O)Nc3cccc4ccccc34)cc2)n1. The number of nitrogens with zero attached hydrogens (tertiary/aromatic N) is 1. The van der Waals surface area contributed by atoms with Crippen LogP contribution < -0.4 is 10.1 Å². The number of thiazole rings is 1. The van der Waals surface area contributed by atoms with Gasteiger partial charge in [-0.25, -0.2) is 4.98 Å². The van der Waals surface area contributed by atoms with Gasteiger partial charge in [0.15, 0.2) is 0 Å². The number of anilines is 1. The van der Waals surface area contributed by atoms with E-state index in [1.54, 1.807) is 35.6 Å². The second-order valence-corrected chi connectivity index (χ2v) is 7.12. The third-order valence-electron chi connectivity index (χ3n) is 4.18. The molecule has 0 saturated heterocycles. The Morgan fingerprint density at radius 3 is 2.59 bits per heavy atom. The number of carbonyl (C=O) groups excluding carboxylic acids is 1. The van der Waals surface area contributed by atoms with Crippen LogP contribution >= 0.6 is 11.3 Å².